The van der Waals surface area contributed by atoms with Crippen LogP contribution in [0.25, 0.3) is 11.1 Å². The Labute approximate surface area is 245 Å². The number of benzene rings is 4. The van der Waals surface area contributed by atoms with Crippen LogP contribution in [0.3, 0.4) is 0 Å². The Hall–Kier alpha value is -3.52. The highest BCUT2D eigenvalue weighted by atomic mass is 15.2. The molecule has 4 unspecified atom stereocenters. The van der Waals surface area contributed by atoms with E-state index in [0.717, 1.165) is 0 Å². The Bertz CT molecular complexity index is 1630. The predicted octanol–water partition coefficient (Wildman–Crippen LogP) is 9.68. The highest BCUT2D eigenvalue weighted by Gasteiger charge is 2.60. The fourth-order valence-electron chi connectivity index (χ4n) is 9.96. The average Bonchev–Trinajstić information content (AvgIpc) is 3.41. The first-order valence-electron chi connectivity index (χ1n) is 15.9. The van der Waals surface area contributed by atoms with E-state index in [4.69, 9.17) is 0 Å². The molecule has 2 nitrogen and oxygen atoms in total. The molecule has 41 heavy (non-hydrogen) atoms. The maximum atomic E-state index is 4.09. The zero-order valence-corrected chi connectivity index (χ0v) is 24.8. The van der Waals surface area contributed by atoms with Gasteiger partial charge in [0.25, 0.3) is 0 Å². The van der Waals surface area contributed by atoms with Crippen molar-refractivity contribution in [3.05, 3.63) is 119 Å². The zero-order valence-electron chi connectivity index (χ0n) is 24.8. The number of nitrogens with one attached hydrogen (secondary N) is 1. The van der Waals surface area contributed by atoms with Crippen molar-refractivity contribution in [2.24, 2.45) is 0 Å². The SMILES string of the molecule is CN1c2ccc(-c3ccc4c(c3)C3(C)CCCCC3(c3ccccc3)N4)cc2C2(C)CCCCC12c1ccccc1. The molecule has 2 heteroatoms. The van der Waals surface area contributed by atoms with Crippen molar-refractivity contribution in [1.29, 1.82) is 0 Å². The van der Waals surface area contributed by atoms with Crippen molar-refractivity contribution in [1.82, 2.24) is 0 Å². The summed E-state index contributed by atoms with van der Waals surface area (Å²) in [6.07, 6.45) is 10.00. The quantitative estimate of drug-likeness (QED) is 0.279. The van der Waals surface area contributed by atoms with E-state index in [-0.39, 0.29) is 21.9 Å². The summed E-state index contributed by atoms with van der Waals surface area (Å²) in [5.41, 5.74) is 11.5. The molecule has 0 bridgehead atoms. The van der Waals surface area contributed by atoms with Gasteiger partial charge in [-0.25, -0.2) is 0 Å². The zero-order chi connectivity index (χ0) is 27.9. The molecule has 0 aromatic heterocycles. The summed E-state index contributed by atoms with van der Waals surface area (Å²) in [5.74, 6) is 0. The number of rotatable bonds is 3. The van der Waals surface area contributed by atoms with Crippen LogP contribution in [0.2, 0.25) is 0 Å². The van der Waals surface area contributed by atoms with Gasteiger partial charge in [0.1, 0.15) is 0 Å². The van der Waals surface area contributed by atoms with E-state index in [1.54, 1.807) is 0 Å². The molecule has 208 valence electrons. The third-order valence-corrected chi connectivity index (χ3v) is 12.1. The minimum Gasteiger partial charge on any atom is -0.374 e. The summed E-state index contributed by atoms with van der Waals surface area (Å²) in [6, 6.07) is 37.2. The van der Waals surface area contributed by atoms with Crippen LogP contribution in [0.4, 0.5) is 11.4 Å². The molecule has 4 aromatic rings. The summed E-state index contributed by atoms with van der Waals surface area (Å²) in [4.78, 5) is 2.63. The third kappa shape index (κ3) is 3.14. The summed E-state index contributed by atoms with van der Waals surface area (Å²) in [7, 11) is 2.34. The van der Waals surface area contributed by atoms with E-state index in [9.17, 15) is 0 Å². The molecule has 2 aliphatic heterocycles. The van der Waals surface area contributed by atoms with Crippen LogP contribution in [-0.4, -0.2) is 7.05 Å². The smallest absolute Gasteiger partial charge is 0.0745 e. The molecule has 4 aliphatic rings. The van der Waals surface area contributed by atoms with Gasteiger partial charge in [-0.1, -0.05) is 112 Å². The molecule has 8 rings (SSSR count). The molecular weight excluding hydrogens is 496 g/mol. The van der Waals surface area contributed by atoms with E-state index < -0.39 is 0 Å². The van der Waals surface area contributed by atoms with Gasteiger partial charge in [0.05, 0.1) is 11.1 Å². The minimum absolute atomic E-state index is 0.0141. The van der Waals surface area contributed by atoms with Gasteiger partial charge in [0.2, 0.25) is 0 Å². The third-order valence-electron chi connectivity index (χ3n) is 12.1. The standard InChI is InChI=1S/C39H42N2/c1-36-22-10-12-24-38(36,30-14-6-4-7-15-30)40-34-20-18-28(26-32(34)36)29-19-21-35-33(27-29)37(2)23-11-13-25-39(37,41(35)3)31-16-8-5-9-17-31/h4-9,14-21,26-27,40H,10-13,22-25H2,1-3H3. The monoisotopic (exact) mass is 538 g/mol. The Morgan fingerprint density at radius 1 is 0.585 bits per heavy atom. The number of hydrogen-bond donors (Lipinski definition) is 1. The lowest BCUT2D eigenvalue weighted by Gasteiger charge is -2.52. The maximum absolute atomic E-state index is 4.09. The second-order valence-corrected chi connectivity index (χ2v) is 13.8. The Balaban J connectivity index is 1.24. The Morgan fingerprint density at radius 3 is 1.90 bits per heavy atom. The van der Waals surface area contributed by atoms with Gasteiger partial charge in [0, 0.05) is 29.3 Å². The van der Waals surface area contributed by atoms with Gasteiger partial charge in [-0.15, -0.1) is 0 Å². The van der Waals surface area contributed by atoms with Crippen LogP contribution in [0.1, 0.15) is 87.5 Å². The number of anilines is 2. The number of fused-ring (bicyclic) bond motifs is 6. The van der Waals surface area contributed by atoms with Crippen molar-refractivity contribution >= 4 is 11.4 Å². The maximum Gasteiger partial charge on any atom is 0.0745 e. The number of nitrogens with zero attached hydrogens (tertiary/aromatic N) is 1. The molecule has 0 spiro atoms. The second kappa shape index (κ2) is 8.74. The van der Waals surface area contributed by atoms with E-state index >= 15 is 0 Å². The van der Waals surface area contributed by atoms with Gasteiger partial charge >= 0.3 is 0 Å². The fourth-order valence-corrected chi connectivity index (χ4v) is 9.96. The van der Waals surface area contributed by atoms with Crippen molar-refractivity contribution in [2.45, 2.75) is 87.1 Å². The summed E-state index contributed by atoms with van der Waals surface area (Å²) < 4.78 is 0. The minimum atomic E-state index is -0.0288. The van der Waals surface area contributed by atoms with E-state index in [1.807, 2.05) is 0 Å². The van der Waals surface area contributed by atoms with Crippen LogP contribution in [0.15, 0.2) is 97.1 Å². The molecule has 0 saturated heterocycles. The predicted molar refractivity (Wildman–Crippen MR) is 172 cm³/mol. The first-order chi connectivity index (χ1) is 19.9. The normalized spacial score (nSPS) is 31.5. The van der Waals surface area contributed by atoms with Gasteiger partial charge in [-0.05, 0) is 83.3 Å². The molecule has 4 aromatic carbocycles. The number of hydrogen-bond acceptors (Lipinski definition) is 2. The van der Waals surface area contributed by atoms with E-state index in [2.05, 4.69) is 128 Å². The molecule has 4 atom stereocenters. The molecular formula is C39H42N2. The average molecular weight is 539 g/mol. The lowest BCUT2D eigenvalue weighted by atomic mass is 9.58. The fraction of sp³-hybridized carbons (Fsp3) is 0.385. The van der Waals surface area contributed by atoms with Crippen LogP contribution < -0.4 is 10.2 Å². The topological polar surface area (TPSA) is 15.3 Å². The molecule has 2 aliphatic carbocycles. The van der Waals surface area contributed by atoms with Gasteiger partial charge in [0.15, 0.2) is 0 Å². The largest absolute Gasteiger partial charge is 0.374 e. The van der Waals surface area contributed by atoms with Gasteiger partial charge < -0.3 is 10.2 Å². The molecule has 2 saturated carbocycles. The Morgan fingerprint density at radius 2 is 1.17 bits per heavy atom. The first kappa shape index (κ1) is 25.2. The lowest BCUT2D eigenvalue weighted by Crippen LogP contribution is -2.54. The molecule has 0 radical (unpaired) electrons. The number of likely N-dealkylation sites (N-methyl/N-ethyl adjacent to an activating group) is 1. The van der Waals surface area contributed by atoms with E-state index in [1.165, 1.54) is 96.1 Å². The molecule has 2 heterocycles. The molecule has 0 amide bonds. The summed E-state index contributed by atoms with van der Waals surface area (Å²) in [5, 5.41) is 4.09. The van der Waals surface area contributed by atoms with Crippen LogP contribution in [-0.2, 0) is 21.9 Å². The van der Waals surface area contributed by atoms with E-state index in [0.29, 0.717) is 0 Å². The van der Waals surface area contributed by atoms with Crippen molar-refractivity contribution in [2.75, 3.05) is 17.3 Å². The van der Waals surface area contributed by atoms with Crippen LogP contribution in [0.5, 0.6) is 0 Å². The van der Waals surface area contributed by atoms with Crippen molar-refractivity contribution in [3.63, 3.8) is 0 Å². The second-order valence-electron chi connectivity index (χ2n) is 13.8. The highest BCUT2D eigenvalue weighted by Crippen LogP contribution is 2.64. The molecule has 2 fully saturated rings. The summed E-state index contributed by atoms with van der Waals surface area (Å²) >= 11 is 0. The van der Waals surface area contributed by atoms with Gasteiger partial charge in [-0.3, -0.25) is 0 Å². The van der Waals surface area contributed by atoms with Crippen molar-refractivity contribution in [3.8, 4) is 11.1 Å². The van der Waals surface area contributed by atoms with Crippen LogP contribution >= 0.6 is 0 Å². The van der Waals surface area contributed by atoms with Crippen molar-refractivity contribution < 1.29 is 0 Å². The highest BCUT2D eigenvalue weighted by molar-refractivity contribution is 5.79. The lowest BCUT2D eigenvalue weighted by molar-refractivity contribution is 0.171. The molecule has 1 N–H and O–H groups in total. The van der Waals surface area contributed by atoms with Crippen LogP contribution in [0, 0.1) is 0 Å². The summed E-state index contributed by atoms with van der Waals surface area (Å²) in [6.45, 7) is 5.08. The Kier molecular flexibility index (Phi) is 5.38. The first-order valence-corrected chi connectivity index (χ1v) is 15.9. The van der Waals surface area contributed by atoms with Gasteiger partial charge in [-0.2, -0.15) is 0 Å².